The molecule has 0 spiro atoms. The smallest absolute Gasteiger partial charge is 0.343 e. The Morgan fingerprint density at radius 3 is 1.95 bits per heavy atom. The Morgan fingerprint density at radius 2 is 1.32 bits per heavy atom. The van der Waals surface area contributed by atoms with Crippen LogP contribution >= 0.6 is 11.6 Å². The number of benzene rings is 5. The van der Waals surface area contributed by atoms with Gasteiger partial charge in [0.25, 0.3) is 0 Å². The maximum atomic E-state index is 14.7. The number of phenols is 1. The quantitative estimate of drug-likeness (QED) is 0.175. The number of carbonyl (C=O) groups excluding carboxylic acids is 1. The molecule has 1 N–H and O–H groups in total. The molecule has 0 heterocycles. The van der Waals surface area contributed by atoms with Crippen molar-refractivity contribution in [3.8, 4) is 34.5 Å². The lowest BCUT2D eigenvalue weighted by atomic mass is 10.1. The van der Waals surface area contributed by atoms with E-state index >= 15 is 0 Å². The summed E-state index contributed by atoms with van der Waals surface area (Å²) in [7, 11) is 0. The van der Waals surface area contributed by atoms with E-state index in [0.29, 0.717) is 5.56 Å². The van der Waals surface area contributed by atoms with Gasteiger partial charge >= 0.3 is 5.97 Å². The van der Waals surface area contributed by atoms with E-state index in [9.17, 15) is 18.7 Å². The Labute approximate surface area is 221 Å². The number of rotatable bonds is 6. The molecule has 0 amide bonds. The highest BCUT2D eigenvalue weighted by Gasteiger charge is 2.28. The normalized spacial score (nSPS) is 10.8. The van der Waals surface area contributed by atoms with E-state index in [0.717, 1.165) is 0 Å². The van der Waals surface area contributed by atoms with E-state index in [4.69, 9.17) is 25.8 Å². The van der Waals surface area contributed by atoms with Gasteiger partial charge in [-0.25, -0.2) is 13.6 Å². The molecule has 0 aromatic heterocycles. The van der Waals surface area contributed by atoms with E-state index in [1.165, 1.54) is 66.7 Å². The Kier molecular flexibility index (Phi) is 6.85. The molecule has 0 bridgehead atoms. The number of hydrogen-bond acceptors (Lipinski definition) is 5. The fourth-order valence-corrected chi connectivity index (χ4v) is 4.05. The fraction of sp³-hybridized carbons (Fsp3) is 0.0333. The van der Waals surface area contributed by atoms with Gasteiger partial charge in [0.05, 0.1) is 5.56 Å². The van der Waals surface area contributed by atoms with E-state index in [2.05, 4.69) is 0 Å². The number of esters is 1. The minimum Gasteiger partial charge on any atom is -0.504 e. The zero-order valence-corrected chi connectivity index (χ0v) is 20.6. The molecule has 5 nitrogen and oxygen atoms in total. The van der Waals surface area contributed by atoms with Gasteiger partial charge in [-0.3, -0.25) is 0 Å². The molecule has 0 atom stereocenters. The predicted molar refractivity (Wildman–Crippen MR) is 140 cm³/mol. The van der Waals surface area contributed by atoms with Crippen molar-refractivity contribution in [2.45, 2.75) is 6.92 Å². The summed E-state index contributed by atoms with van der Waals surface area (Å²) in [4.78, 5) is 13.3. The monoisotopic (exact) mass is 532 g/mol. The van der Waals surface area contributed by atoms with Gasteiger partial charge in [0.1, 0.15) is 0 Å². The van der Waals surface area contributed by atoms with Crippen molar-refractivity contribution in [1.82, 2.24) is 0 Å². The topological polar surface area (TPSA) is 65.0 Å². The van der Waals surface area contributed by atoms with Gasteiger partial charge < -0.3 is 19.3 Å². The largest absolute Gasteiger partial charge is 0.504 e. The first kappa shape index (κ1) is 25.0. The summed E-state index contributed by atoms with van der Waals surface area (Å²) in [5, 5.41) is 11.9. The molecule has 5 aromatic carbocycles. The Morgan fingerprint density at radius 1 is 0.737 bits per heavy atom. The highest BCUT2D eigenvalue weighted by Crippen LogP contribution is 2.54. The number of aromatic hydroxyl groups is 1. The lowest BCUT2D eigenvalue weighted by Gasteiger charge is -2.20. The van der Waals surface area contributed by atoms with Crippen LogP contribution in [-0.4, -0.2) is 11.1 Å². The second-order valence-electron chi connectivity index (χ2n) is 8.30. The third-order valence-corrected chi connectivity index (χ3v) is 6.00. The Balaban J connectivity index is 1.78. The van der Waals surface area contributed by atoms with E-state index in [-0.39, 0.29) is 44.4 Å². The van der Waals surface area contributed by atoms with Gasteiger partial charge in [0, 0.05) is 15.8 Å². The van der Waals surface area contributed by atoms with Gasteiger partial charge in [0.15, 0.2) is 34.6 Å². The number of aryl methyl sites for hydroxylation is 1. The molecule has 190 valence electrons. The maximum absolute atomic E-state index is 14.7. The molecule has 5 aromatic rings. The van der Waals surface area contributed by atoms with Crippen molar-refractivity contribution < 1.29 is 32.9 Å². The second-order valence-corrected chi connectivity index (χ2v) is 8.73. The van der Waals surface area contributed by atoms with Crippen LogP contribution in [0.25, 0.3) is 10.8 Å². The third kappa shape index (κ3) is 4.84. The van der Waals surface area contributed by atoms with Crippen LogP contribution in [0.5, 0.6) is 34.5 Å². The zero-order chi connectivity index (χ0) is 26.8. The lowest BCUT2D eigenvalue weighted by molar-refractivity contribution is 0.0731. The summed E-state index contributed by atoms with van der Waals surface area (Å²) in [6, 6.07) is 22.3. The Bertz CT molecular complexity index is 1690. The van der Waals surface area contributed by atoms with Gasteiger partial charge in [-0.1, -0.05) is 54.1 Å². The number of para-hydroxylation sites is 2. The molecule has 0 aliphatic carbocycles. The highest BCUT2D eigenvalue weighted by molar-refractivity contribution is 6.31. The number of phenolic OH excluding ortho intramolecular Hbond substituents is 1. The standard InChI is InChI=1S/C30H19ClF2O5/c1-17-8-2-3-9-19(17)30(35)38-27-20-15-14-18(31)16-21(20)26(34)28(36-24-12-6-4-10-22(24)32)29(27)37-25-13-7-5-11-23(25)33/h2-16,34H,1H3. The van der Waals surface area contributed by atoms with E-state index in [1.807, 2.05) is 0 Å². The summed E-state index contributed by atoms with van der Waals surface area (Å²) in [5.74, 6) is -4.09. The van der Waals surface area contributed by atoms with Crippen LogP contribution in [0.3, 0.4) is 0 Å². The van der Waals surface area contributed by atoms with Gasteiger partial charge in [-0.2, -0.15) is 0 Å². The van der Waals surface area contributed by atoms with Crippen molar-refractivity contribution in [2.75, 3.05) is 0 Å². The van der Waals surface area contributed by atoms with Gasteiger partial charge in [-0.15, -0.1) is 0 Å². The molecule has 38 heavy (non-hydrogen) atoms. The van der Waals surface area contributed by atoms with Crippen molar-refractivity contribution in [3.05, 3.63) is 119 Å². The molecule has 0 saturated heterocycles. The van der Waals surface area contributed by atoms with Crippen LogP contribution in [0.1, 0.15) is 15.9 Å². The molecular weight excluding hydrogens is 514 g/mol. The van der Waals surface area contributed by atoms with Crippen LogP contribution in [0, 0.1) is 18.6 Å². The highest BCUT2D eigenvalue weighted by atomic mass is 35.5. The van der Waals surface area contributed by atoms with Crippen molar-refractivity contribution in [2.24, 2.45) is 0 Å². The van der Waals surface area contributed by atoms with Crippen LogP contribution in [0.4, 0.5) is 8.78 Å². The van der Waals surface area contributed by atoms with Gasteiger partial charge in [0.2, 0.25) is 11.5 Å². The lowest BCUT2D eigenvalue weighted by Crippen LogP contribution is -2.11. The van der Waals surface area contributed by atoms with Gasteiger partial charge in [-0.05, 0) is 61.0 Å². The zero-order valence-electron chi connectivity index (χ0n) is 19.9. The summed E-state index contributed by atoms with van der Waals surface area (Å²) >= 11 is 6.19. The second kappa shape index (κ2) is 10.4. The first-order valence-corrected chi connectivity index (χ1v) is 11.8. The van der Waals surface area contributed by atoms with Crippen LogP contribution in [0.2, 0.25) is 5.02 Å². The molecule has 0 fully saturated rings. The molecule has 0 aliphatic rings. The van der Waals surface area contributed by atoms with Crippen molar-refractivity contribution in [1.29, 1.82) is 0 Å². The predicted octanol–water partition coefficient (Wildman–Crippen LogP) is 8.59. The van der Waals surface area contributed by atoms with Crippen molar-refractivity contribution in [3.63, 3.8) is 0 Å². The maximum Gasteiger partial charge on any atom is 0.343 e. The number of carbonyl (C=O) groups is 1. The summed E-state index contributed by atoms with van der Waals surface area (Å²) in [6.45, 7) is 1.74. The summed E-state index contributed by atoms with van der Waals surface area (Å²) < 4.78 is 46.7. The molecule has 0 aliphatic heterocycles. The average molecular weight is 533 g/mol. The first-order valence-electron chi connectivity index (χ1n) is 11.4. The molecular formula is C30H19ClF2O5. The number of halogens is 3. The summed E-state index contributed by atoms with van der Waals surface area (Å²) in [5.41, 5.74) is 0.930. The van der Waals surface area contributed by atoms with Crippen LogP contribution < -0.4 is 14.2 Å². The van der Waals surface area contributed by atoms with Crippen LogP contribution in [-0.2, 0) is 0 Å². The first-order chi connectivity index (χ1) is 18.3. The van der Waals surface area contributed by atoms with E-state index < -0.39 is 29.1 Å². The number of ether oxygens (including phenoxy) is 3. The third-order valence-electron chi connectivity index (χ3n) is 5.77. The average Bonchev–Trinajstić information content (AvgIpc) is 2.91. The fourth-order valence-electron chi connectivity index (χ4n) is 3.88. The van der Waals surface area contributed by atoms with Crippen molar-refractivity contribution >= 4 is 28.3 Å². The molecule has 5 rings (SSSR count). The molecule has 8 heteroatoms. The SMILES string of the molecule is Cc1ccccc1C(=O)Oc1c(Oc2ccccc2F)c(Oc2ccccc2F)c(O)c2cc(Cl)ccc12. The number of hydrogen-bond donors (Lipinski definition) is 1. The molecule has 0 radical (unpaired) electrons. The minimum atomic E-state index is -0.736. The van der Waals surface area contributed by atoms with E-state index in [1.54, 1.807) is 31.2 Å². The summed E-state index contributed by atoms with van der Waals surface area (Å²) in [6.07, 6.45) is 0. The minimum absolute atomic E-state index is 0.136. The van der Waals surface area contributed by atoms with Crippen LogP contribution in [0.15, 0.2) is 91.0 Å². The molecule has 0 saturated carbocycles. The molecule has 0 unspecified atom stereocenters. The Hall–Kier alpha value is -4.62. The number of fused-ring (bicyclic) bond motifs is 1.